The first-order valence-corrected chi connectivity index (χ1v) is 2.74. The average molecular weight is 536 g/mol. The van der Waals surface area contributed by atoms with Crippen LogP contribution in [0, 0.1) is 114 Å². The van der Waals surface area contributed by atoms with Crippen molar-refractivity contribution in [3.8, 4) is 0 Å². The zero-order valence-corrected chi connectivity index (χ0v) is 11.9. The summed E-state index contributed by atoms with van der Waals surface area (Å²) in [5.74, 6) is 0. The molecule has 0 aliphatic carbocycles. The van der Waals surface area contributed by atoms with Crippen molar-refractivity contribution in [2.45, 2.75) is 0 Å². The quantitative estimate of drug-likeness (QED) is 0.259. The van der Waals surface area contributed by atoms with E-state index in [1.54, 1.807) is 0 Å². The van der Waals surface area contributed by atoms with Gasteiger partial charge in [-0.3, -0.25) is 0 Å². The Morgan fingerprint density at radius 1 is 0.364 bits per heavy atom. The molecule has 0 aromatic carbocycles. The second-order valence-corrected chi connectivity index (χ2v) is 1.12. The molecule has 136 valence electrons. The Morgan fingerprint density at radius 3 is 0.364 bits per heavy atom. The Morgan fingerprint density at radius 2 is 0.364 bits per heavy atom. The van der Waals surface area contributed by atoms with E-state index in [1.807, 2.05) is 0 Å². The van der Waals surface area contributed by atoms with Crippen molar-refractivity contribution in [3.63, 3.8) is 0 Å². The van der Waals surface area contributed by atoms with Crippen molar-refractivity contribution in [2.75, 3.05) is 0 Å². The van der Waals surface area contributed by atoms with E-state index in [4.69, 9.17) is 76.6 Å². The fourth-order valence-corrected chi connectivity index (χ4v) is 0. The fourth-order valence-electron chi connectivity index (χ4n) is 0. The second kappa shape index (κ2) is 36.3. The molecule has 0 fully saturated rings. The molecule has 0 amide bonds. The molecule has 0 aliphatic rings. The van der Waals surface area contributed by atoms with Gasteiger partial charge >= 0.3 is 54.1 Å². The maximum atomic E-state index is 8.25. The molecule has 22 heavy (non-hydrogen) atoms. The van der Waals surface area contributed by atoms with Crippen LogP contribution in [0.2, 0.25) is 0 Å². The third kappa shape index (κ3) is 987. The molecule has 0 aromatic heterocycles. The SMILES string of the molecule is O=[N+]([O-])[O-].O=[N+]([O-])[O-].O=[N+]([O-])[O-].O=[N+]([O-])[O-].O=[N+]([O-])[O-].[Co+2].[Er+3]. The predicted octanol–water partition coefficient (Wildman–Crippen LogP) is -1.20. The minimum absolute atomic E-state index is 0. The van der Waals surface area contributed by atoms with Gasteiger partial charge in [-0.15, -0.1) is 0 Å². The first-order valence-electron chi connectivity index (χ1n) is 2.74. The van der Waals surface area contributed by atoms with E-state index in [-0.39, 0.29) is 54.1 Å². The molecule has 0 atom stereocenters. The number of nitrogens with zero attached hydrogens (tertiary/aromatic N) is 5. The summed E-state index contributed by atoms with van der Waals surface area (Å²) < 4.78 is 0. The van der Waals surface area contributed by atoms with Crippen molar-refractivity contribution in [1.29, 1.82) is 0 Å². The number of hydrogen-bond donors (Lipinski definition) is 0. The van der Waals surface area contributed by atoms with Crippen molar-refractivity contribution in [3.05, 3.63) is 76.6 Å². The van der Waals surface area contributed by atoms with E-state index < -0.39 is 25.4 Å². The van der Waals surface area contributed by atoms with Crippen LogP contribution in [-0.2, 0) is 16.8 Å². The third-order valence-corrected chi connectivity index (χ3v) is 0. The number of hydrogen-bond acceptors (Lipinski definition) is 15. The van der Waals surface area contributed by atoms with Crippen molar-refractivity contribution < 1.29 is 79.5 Å². The fraction of sp³-hybridized carbons (Fsp3) is 0. The first kappa shape index (κ1) is 42.7. The van der Waals surface area contributed by atoms with Crippen molar-refractivity contribution >= 4 is 0 Å². The van der Waals surface area contributed by atoms with Crippen LogP contribution in [0.1, 0.15) is 0 Å². The molecular weight excluding hydrogens is 536 g/mol. The molecule has 0 aliphatic heterocycles. The smallest absolute Gasteiger partial charge is 0.356 e. The maximum absolute atomic E-state index is 8.25. The van der Waals surface area contributed by atoms with Gasteiger partial charge in [0.15, 0.2) is 0 Å². The Hall–Kier alpha value is -2.25. The summed E-state index contributed by atoms with van der Waals surface area (Å²) in [4.78, 5) is 41.2. The summed E-state index contributed by atoms with van der Waals surface area (Å²) in [5.41, 5.74) is 0. The van der Waals surface area contributed by atoms with Gasteiger partial charge in [0.2, 0.25) is 0 Å². The summed E-state index contributed by atoms with van der Waals surface area (Å²) in [6.07, 6.45) is 0. The van der Waals surface area contributed by atoms with E-state index in [0.717, 1.165) is 0 Å². The van der Waals surface area contributed by atoms with Crippen molar-refractivity contribution in [2.24, 2.45) is 0 Å². The van der Waals surface area contributed by atoms with E-state index in [0.29, 0.717) is 0 Å². The van der Waals surface area contributed by atoms with Gasteiger partial charge in [0, 0.05) is 0 Å². The molecule has 0 spiro atoms. The second-order valence-electron chi connectivity index (χ2n) is 1.12. The molecule has 0 N–H and O–H groups in total. The summed E-state index contributed by atoms with van der Waals surface area (Å²) in [6, 6.07) is 0. The van der Waals surface area contributed by atoms with Crippen LogP contribution in [0.3, 0.4) is 0 Å². The molecular formula is CoErN5O15. The molecule has 0 unspecified atom stereocenters. The van der Waals surface area contributed by atoms with Gasteiger partial charge < -0.3 is 76.6 Å². The van der Waals surface area contributed by atoms with E-state index >= 15 is 0 Å². The van der Waals surface area contributed by atoms with Crippen LogP contribution in [0.4, 0.5) is 0 Å². The monoisotopic (exact) mass is 535 g/mol. The van der Waals surface area contributed by atoms with Crippen LogP contribution in [-0.4, -0.2) is 25.4 Å². The van der Waals surface area contributed by atoms with Gasteiger partial charge in [0.1, 0.15) is 0 Å². The van der Waals surface area contributed by atoms with Gasteiger partial charge in [0.25, 0.3) is 0 Å². The summed E-state index contributed by atoms with van der Waals surface area (Å²) in [7, 11) is 0. The Balaban J connectivity index is -0.0000000250. The molecule has 0 saturated heterocycles. The normalized spacial score (nSPS) is 5.45. The van der Waals surface area contributed by atoms with Crippen LogP contribution < -0.4 is 0 Å². The molecule has 0 bridgehead atoms. The standard InChI is InChI=1S/Co.Er.5NO3/c;;5*2-1(3)4/q+2;+3;5*-1. The molecule has 0 saturated carbocycles. The zero-order chi connectivity index (χ0) is 17.9. The minimum Gasteiger partial charge on any atom is -0.356 e. The average Bonchev–Trinajstić information content (AvgIpc) is 1.94. The van der Waals surface area contributed by atoms with Gasteiger partial charge in [-0.2, -0.15) is 0 Å². The third-order valence-electron chi connectivity index (χ3n) is 0. The Labute approximate surface area is 155 Å². The largest absolute Gasteiger partial charge is 3.00 e. The predicted molar refractivity (Wildman–Crippen MR) is 51.8 cm³/mol. The van der Waals surface area contributed by atoms with Crippen molar-refractivity contribution in [1.82, 2.24) is 0 Å². The maximum Gasteiger partial charge on any atom is 3.00 e. The minimum atomic E-state index is -1.75. The Kier molecular flexibility index (Phi) is 70.6. The molecule has 22 heteroatoms. The molecule has 0 aromatic rings. The Bertz CT molecular complexity index is 213. The van der Waals surface area contributed by atoms with Gasteiger partial charge in [-0.1, -0.05) is 0 Å². The molecule has 0 heterocycles. The van der Waals surface area contributed by atoms with E-state index in [2.05, 4.69) is 0 Å². The van der Waals surface area contributed by atoms with Crippen LogP contribution in [0.25, 0.3) is 0 Å². The van der Waals surface area contributed by atoms with E-state index in [1.165, 1.54) is 0 Å². The molecule has 0 rings (SSSR count). The molecule has 2 radical (unpaired) electrons. The van der Waals surface area contributed by atoms with Crippen LogP contribution >= 0.6 is 0 Å². The van der Waals surface area contributed by atoms with Crippen LogP contribution in [0.15, 0.2) is 0 Å². The molecule has 20 nitrogen and oxygen atoms in total. The number of rotatable bonds is 0. The van der Waals surface area contributed by atoms with Gasteiger partial charge in [-0.25, -0.2) is 0 Å². The van der Waals surface area contributed by atoms with Gasteiger partial charge in [-0.05, 0) is 0 Å². The summed E-state index contributed by atoms with van der Waals surface area (Å²) in [5, 5.41) is 73.8. The summed E-state index contributed by atoms with van der Waals surface area (Å²) >= 11 is 0. The summed E-state index contributed by atoms with van der Waals surface area (Å²) in [6.45, 7) is 0. The zero-order valence-electron chi connectivity index (χ0n) is 8.98. The van der Waals surface area contributed by atoms with Gasteiger partial charge in [0.05, 0.1) is 25.4 Å². The topological polar surface area (TPSA) is 331 Å². The first-order chi connectivity index (χ1) is 8.66. The van der Waals surface area contributed by atoms with Crippen LogP contribution in [0.5, 0.6) is 0 Å². The van der Waals surface area contributed by atoms with E-state index in [9.17, 15) is 0 Å².